The number of nitrogens with one attached hydrogen (secondary N) is 1. The van der Waals surface area contributed by atoms with Gasteiger partial charge in [0.25, 0.3) is 5.91 Å². The molecule has 4 nitrogen and oxygen atoms in total. The summed E-state index contributed by atoms with van der Waals surface area (Å²) in [7, 11) is 1.32. The third-order valence-electron chi connectivity index (χ3n) is 3.36. The maximum atomic E-state index is 12.4. The molecule has 2 rings (SSSR count). The van der Waals surface area contributed by atoms with Gasteiger partial charge < -0.3 is 10.1 Å². The Bertz CT molecular complexity index is 771. The van der Waals surface area contributed by atoms with Crippen LogP contribution < -0.4 is 5.32 Å². The number of carbonyl (C=O) groups excluding carboxylic acids is 2. The second-order valence-corrected chi connectivity index (χ2v) is 6.81. The van der Waals surface area contributed by atoms with E-state index in [2.05, 4.69) is 5.32 Å². The molecule has 1 heterocycles. The summed E-state index contributed by atoms with van der Waals surface area (Å²) in [6.45, 7) is 3.86. The Balaban J connectivity index is 2.37. The molecule has 0 saturated carbocycles. The molecule has 0 atom stereocenters. The van der Waals surface area contributed by atoms with Gasteiger partial charge in [0.05, 0.1) is 22.7 Å². The Hall–Kier alpha value is -1.56. The number of benzene rings is 1. The molecule has 0 unspecified atom stereocenters. The monoisotopic (exact) mass is 371 g/mol. The van der Waals surface area contributed by atoms with Crippen molar-refractivity contribution in [3.8, 4) is 0 Å². The SMILES string of the molecule is CCc1c(C)sc(NC(=O)c2ccc(Cl)c(Cl)c2)c1C(=O)OC. The van der Waals surface area contributed by atoms with Crippen LogP contribution in [0.1, 0.15) is 38.1 Å². The van der Waals surface area contributed by atoms with Crippen molar-refractivity contribution >= 4 is 51.4 Å². The normalized spacial score (nSPS) is 10.5. The van der Waals surface area contributed by atoms with E-state index in [1.54, 1.807) is 12.1 Å². The molecule has 1 aromatic carbocycles. The molecule has 0 saturated heterocycles. The van der Waals surface area contributed by atoms with Crippen LogP contribution >= 0.6 is 34.5 Å². The van der Waals surface area contributed by atoms with Gasteiger partial charge in [-0.25, -0.2) is 4.79 Å². The van der Waals surface area contributed by atoms with Crippen molar-refractivity contribution in [1.82, 2.24) is 0 Å². The molecule has 1 amide bonds. The predicted octanol–water partition coefficient (Wildman–Crippen LogP) is 4.96. The lowest BCUT2D eigenvalue weighted by Gasteiger charge is -2.07. The number of aryl methyl sites for hydroxylation is 1. The molecule has 1 aromatic heterocycles. The van der Waals surface area contributed by atoms with Gasteiger partial charge in [-0.1, -0.05) is 30.1 Å². The Kier molecular flexibility index (Phi) is 5.68. The lowest BCUT2D eigenvalue weighted by Crippen LogP contribution is -2.14. The number of rotatable bonds is 4. The van der Waals surface area contributed by atoms with Crippen LogP contribution in [0.2, 0.25) is 10.0 Å². The highest BCUT2D eigenvalue weighted by molar-refractivity contribution is 7.16. The quantitative estimate of drug-likeness (QED) is 0.772. The molecule has 0 aliphatic heterocycles. The highest BCUT2D eigenvalue weighted by atomic mass is 35.5. The van der Waals surface area contributed by atoms with Gasteiger partial charge in [-0.15, -0.1) is 11.3 Å². The Morgan fingerprint density at radius 2 is 1.96 bits per heavy atom. The van der Waals surface area contributed by atoms with Crippen LogP contribution in [0.5, 0.6) is 0 Å². The maximum absolute atomic E-state index is 12.4. The molecule has 0 fully saturated rings. The van der Waals surface area contributed by atoms with Crippen molar-refractivity contribution in [3.05, 3.63) is 49.8 Å². The van der Waals surface area contributed by atoms with Gasteiger partial charge in [0.15, 0.2) is 0 Å². The van der Waals surface area contributed by atoms with Crippen LogP contribution in [0.25, 0.3) is 0 Å². The van der Waals surface area contributed by atoms with Crippen molar-refractivity contribution in [3.63, 3.8) is 0 Å². The Morgan fingerprint density at radius 1 is 1.26 bits per heavy atom. The molecule has 0 radical (unpaired) electrons. The number of anilines is 1. The van der Waals surface area contributed by atoms with Gasteiger partial charge >= 0.3 is 5.97 Å². The van der Waals surface area contributed by atoms with Gasteiger partial charge in [-0.2, -0.15) is 0 Å². The van der Waals surface area contributed by atoms with E-state index in [1.165, 1.54) is 24.5 Å². The number of halogens is 2. The Labute approximate surface area is 148 Å². The molecule has 122 valence electrons. The van der Waals surface area contributed by atoms with Crippen molar-refractivity contribution in [2.45, 2.75) is 20.3 Å². The van der Waals surface area contributed by atoms with Gasteiger partial charge in [0, 0.05) is 10.4 Å². The number of methoxy groups -OCH3 is 1. The summed E-state index contributed by atoms with van der Waals surface area (Å²) < 4.78 is 4.83. The highest BCUT2D eigenvalue weighted by Gasteiger charge is 2.23. The minimum absolute atomic E-state index is 0.295. The standard InChI is InChI=1S/C16H15Cl2NO3S/c1-4-10-8(2)23-15(13(10)16(21)22-3)19-14(20)9-5-6-11(17)12(18)7-9/h5-7H,4H2,1-3H3,(H,19,20). The number of hydrogen-bond acceptors (Lipinski definition) is 4. The predicted molar refractivity (Wildman–Crippen MR) is 94.2 cm³/mol. The minimum Gasteiger partial charge on any atom is -0.465 e. The van der Waals surface area contributed by atoms with Gasteiger partial charge in [-0.05, 0) is 37.1 Å². The molecule has 0 aliphatic carbocycles. The number of esters is 1. The fraction of sp³-hybridized carbons (Fsp3) is 0.250. The zero-order chi connectivity index (χ0) is 17.1. The van der Waals surface area contributed by atoms with Gasteiger partial charge in [-0.3, -0.25) is 4.79 Å². The van der Waals surface area contributed by atoms with Crippen LogP contribution in [-0.4, -0.2) is 19.0 Å². The molecule has 0 spiro atoms. The van der Waals surface area contributed by atoms with Crippen LogP contribution in [0.15, 0.2) is 18.2 Å². The summed E-state index contributed by atoms with van der Waals surface area (Å²) in [5.74, 6) is -0.826. The van der Waals surface area contributed by atoms with E-state index in [9.17, 15) is 9.59 Å². The number of carbonyl (C=O) groups is 2. The zero-order valence-corrected chi connectivity index (χ0v) is 15.2. The number of hydrogen-bond donors (Lipinski definition) is 1. The average molecular weight is 372 g/mol. The first kappa shape index (κ1) is 17.8. The van der Waals surface area contributed by atoms with Crippen LogP contribution in [-0.2, 0) is 11.2 Å². The van der Waals surface area contributed by atoms with Gasteiger partial charge in [0.2, 0.25) is 0 Å². The maximum Gasteiger partial charge on any atom is 0.341 e. The van der Waals surface area contributed by atoms with Crippen molar-refractivity contribution in [2.24, 2.45) is 0 Å². The lowest BCUT2D eigenvalue weighted by atomic mass is 10.1. The van der Waals surface area contributed by atoms with Crippen LogP contribution in [0.4, 0.5) is 5.00 Å². The zero-order valence-electron chi connectivity index (χ0n) is 12.8. The summed E-state index contributed by atoms with van der Waals surface area (Å²) >= 11 is 13.1. The smallest absolute Gasteiger partial charge is 0.341 e. The molecular weight excluding hydrogens is 357 g/mol. The lowest BCUT2D eigenvalue weighted by molar-refractivity contribution is 0.0601. The second-order valence-electron chi connectivity index (χ2n) is 4.77. The molecule has 0 bridgehead atoms. The van der Waals surface area contributed by atoms with E-state index in [0.29, 0.717) is 32.6 Å². The van der Waals surface area contributed by atoms with Crippen molar-refractivity contribution < 1.29 is 14.3 Å². The van der Waals surface area contributed by atoms with Crippen LogP contribution in [0, 0.1) is 6.92 Å². The molecule has 1 N–H and O–H groups in total. The van der Waals surface area contributed by atoms with Crippen molar-refractivity contribution in [2.75, 3.05) is 12.4 Å². The molecular formula is C16H15Cl2NO3S. The van der Waals surface area contributed by atoms with Crippen LogP contribution in [0.3, 0.4) is 0 Å². The second kappa shape index (κ2) is 7.34. The van der Waals surface area contributed by atoms with Crippen molar-refractivity contribution in [1.29, 1.82) is 0 Å². The summed E-state index contributed by atoms with van der Waals surface area (Å²) in [5, 5.41) is 3.90. The summed E-state index contributed by atoms with van der Waals surface area (Å²) in [6, 6.07) is 4.61. The summed E-state index contributed by atoms with van der Waals surface area (Å²) in [6.07, 6.45) is 0.676. The van der Waals surface area contributed by atoms with E-state index in [0.717, 1.165) is 10.4 Å². The van der Waals surface area contributed by atoms with E-state index < -0.39 is 5.97 Å². The Morgan fingerprint density at radius 3 is 2.52 bits per heavy atom. The highest BCUT2D eigenvalue weighted by Crippen LogP contribution is 2.34. The van der Waals surface area contributed by atoms with E-state index >= 15 is 0 Å². The van der Waals surface area contributed by atoms with E-state index in [-0.39, 0.29) is 5.91 Å². The third kappa shape index (κ3) is 3.68. The molecule has 2 aromatic rings. The van der Waals surface area contributed by atoms with E-state index in [1.807, 2.05) is 13.8 Å². The fourth-order valence-corrected chi connectivity index (χ4v) is 3.65. The fourth-order valence-electron chi connectivity index (χ4n) is 2.22. The first-order valence-electron chi connectivity index (χ1n) is 6.86. The third-order valence-corrected chi connectivity index (χ3v) is 5.16. The van der Waals surface area contributed by atoms with E-state index in [4.69, 9.17) is 27.9 Å². The number of amides is 1. The summed E-state index contributed by atoms with van der Waals surface area (Å²) in [5.41, 5.74) is 1.65. The first-order chi connectivity index (χ1) is 10.9. The topological polar surface area (TPSA) is 55.4 Å². The number of ether oxygens (including phenoxy) is 1. The first-order valence-corrected chi connectivity index (χ1v) is 8.43. The molecule has 23 heavy (non-hydrogen) atoms. The largest absolute Gasteiger partial charge is 0.465 e. The molecule has 7 heteroatoms. The minimum atomic E-state index is -0.462. The van der Waals surface area contributed by atoms with Gasteiger partial charge in [0.1, 0.15) is 5.00 Å². The number of thiophene rings is 1. The summed E-state index contributed by atoms with van der Waals surface area (Å²) in [4.78, 5) is 25.4. The molecule has 0 aliphatic rings. The average Bonchev–Trinajstić information content (AvgIpc) is 2.84.